The molecule has 1 fully saturated rings. The molecule has 1 saturated heterocycles. The molecule has 3 N–H and O–H groups in total. The van der Waals surface area contributed by atoms with Gasteiger partial charge in [0.1, 0.15) is 11.5 Å². The van der Waals surface area contributed by atoms with Gasteiger partial charge >= 0.3 is 0 Å². The van der Waals surface area contributed by atoms with E-state index in [1.807, 2.05) is 36.4 Å². The highest BCUT2D eigenvalue weighted by molar-refractivity contribution is 5.43. The van der Waals surface area contributed by atoms with Gasteiger partial charge in [-0.25, -0.2) is 0 Å². The number of ether oxygens (including phenoxy) is 1. The van der Waals surface area contributed by atoms with Crippen LogP contribution < -0.4 is 15.8 Å². The number of hydrogen-bond acceptors (Lipinski definition) is 3. The van der Waals surface area contributed by atoms with Gasteiger partial charge in [-0.3, -0.25) is 0 Å². The van der Waals surface area contributed by atoms with E-state index < -0.39 is 0 Å². The molecule has 0 bridgehead atoms. The summed E-state index contributed by atoms with van der Waals surface area (Å²) in [6.45, 7) is 2.20. The lowest BCUT2D eigenvalue weighted by Crippen LogP contribution is -2.07. The second-order valence-electron chi connectivity index (χ2n) is 4.93. The van der Waals surface area contributed by atoms with Gasteiger partial charge in [0, 0.05) is 12.2 Å². The monoisotopic (exact) mass is 254 g/mol. The second kappa shape index (κ2) is 5.33. The number of nitrogens with two attached hydrogens (primary N) is 1. The van der Waals surface area contributed by atoms with Gasteiger partial charge in [0.15, 0.2) is 0 Å². The molecule has 0 aliphatic carbocycles. The van der Waals surface area contributed by atoms with Crippen LogP contribution in [0.2, 0.25) is 0 Å². The van der Waals surface area contributed by atoms with Crippen LogP contribution in [0, 0.1) is 0 Å². The third-order valence-corrected chi connectivity index (χ3v) is 3.53. The first-order valence-corrected chi connectivity index (χ1v) is 6.65. The molecule has 0 aromatic heterocycles. The van der Waals surface area contributed by atoms with Crippen LogP contribution in [0.3, 0.4) is 0 Å². The van der Waals surface area contributed by atoms with Crippen LogP contribution in [0.25, 0.3) is 0 Å². The summed E-state index contributed by atoms with van der Waals surface area (Å²) in [5.74, 6) is 2.31. The zero-order valence-electron chi connectivity index (χ0n) is 10.8. The minimum absolute atomic E-state index is 0.644. The van der Waals surface area contributed by atoms with Crippen LogP contribution in [0.1, 0.15) is 17.9 Å². The normalized spacial score (nSPS) is 18.4. The van der Waals surface area contributed by atoms with E-state index in [0.29, 0.717) is 5.92 Å². The average molecular weight is 254 g/mol. The van der Waals surface area contributed by atoms with Crippen molar-refractivity contribution in [1.82, 2.24) is 5.32 Å². The topological polar surface area (TPSA) is 47.3 Å². The molecule has 3 nitrogen and oxygen atoms in total. The summed E-state index contributed by atoms with van der Waals surface area (Å²) in [7, 11) is 0. The van der Waals surface area contributed by atoms with E-state index in [1.165, 1.54) is 12.0 Å². The molecule has 19 heavy (non-hydrogen) atoms. The maximum absolute atomic E-state index is 5.78. The van der Waals surface area contributed by atoms with Crippen LogP contribution in [0.15, 0.2) is 48.5 Å². The van der Waals surface area contributed by atoms with E-state index >= 15 is 0 Å². The molecule has 1 atom stereocenters. The molecular weight excluding hydrogens is 236 g/mol. The molecule has 0 radical (unpaired) electrons. The number of rotatable bonds is 3. The van der Waals surface area contributed by atoms with Gasteiger partial charge in [0.05, 0.1) is 0 Å². The number of nitrogen functional groups attached to an aromatic ring is 1. The molecule has 3 heteroatoms. The van der Waals surface area contributed by atoms with Gasteiger partial charge in [-0.05, 0) is 60.8 Å². The molecule has 0 amide bonds. The van der Waals surface area contributed by atoms with E-state index in [9.17, 15) is 0 Å². The predicted molar refractivity (Wildman–Crippen MR) is 77.6 cm³/mol. The number of nitrogens with one attached hydrogen (secondary N) is 1. The van der Waals surface area contributed by atoms with Crippen LogP contribution >= 0.6 is 0 Å². The van der Waals surface area contributed by atoms with Gasteiger partial charge in [0.2, 0.25) is 0 Å². The first-order chi connectivity index (χ1) is 9.31. The fourth-order valence-corrected chi connectivity index (χ4v) is 2.42. The second-order valence-corrected chi connectivity index (χ2v) is 4.93. The predicted octanol–water partition coefficient (Wildman–Crippen LogP) is 3.14. The highest BCUT2D eigenvalue weighted by Crippen LogP contribution is 2.27. The maximum atomic E-state index is 5.78. The Morgan fingerprint density at radius 2 is 1.58 bits per heavy atom. The van der Waals surface area contributed by atoms with Gasteiger partial charge in [-0.15, -0.1) is 0 Å². The Bertz CT molecular complexity index is 528. The summed E-state index contributed by atoms with van der Waals surface area (Å²) in [4.78, 5) is 0. The Kier molecular flexibility index (Phi) is 3.38. The fraction of sp³-hybridized carbons (Fsp3) is 0.250. The maximum Gasteiger partial charge on any atom is 0.127 e. The smallest absolute Gasteiger partial charge is 0.127 e. The average Bonchev–Trinajstić information content (AvgIpc) is 2.96. The fourth-order valence-electron chi connectivity index (χ4n) is 2.42. The number of hydrogen-bond donors (Lipinski definition) is 2. The summed E-state index contributed by atoms with van der Waals surface area (Å²) in [5.41, 5.74) is 7.78. The highest BCUT2D eigenvalue weighted by Gasteiger charge is 2.16. The molecule has 2 aromatic rings. The van der Waals surface area contributed by atoms with Gasteiger partial charge in [0.25, 0.3) is 0 Å². The molecule has 98 valence electrons. The van der Waals surface area contributed by atoms with Crippen molar-refractivity contribution in [2.24, 2.45) is 0 Å². The molecule has 1 aliphatic heterocycles. The Hall–Kier alpha value is -2.00. The Balaban J connectivity index is 1.70. The largest absolute Gasteiger partial charge is 0.457 e. The third kappa shape index (κ3) is 2.88. The molecule has 2 aromatic carbocycles. The molecule has 0 spiro atoms. The van der Waals surface area contributed by atoms with Crippen molar-refractivity contribution in [2.75, 3.05) is 18.8 Å². The van der Waals surface area contributed by atoms with Crippen molar-refractivity contribution >= 4 is 5.69 Å². The molecule has 1 aliphatic rings. The molecule has 1 unspecified atom stereocenters. The standard InChI is InChI=1S/C16H18N2O/c17-14-3-7-16(8-4-14)19-15-5-1-12(2-6-15)13-9-10-18-11-13/h1-8,13,18H,9-11,17H2. The highest BCUT2D eigenvalue weighted by atomic mass is 16.5. The van der Waals surface area contributed by atoms with Crippen molar-refractivity contribution in [1.29, 1.82) is 0 Å². The van der Waals surface area contributed by atoms with Crippen molar-refractivity contribution in [3.63, 3.8) is 0 Å². The van der Waals surface area contributed by atoms with Gasteiger partial charge in [-0.2, -0.15) is 0 Å². The number of anilines is 1. The lowest BCUT2D eigenvalue weighted by Gasteiger charge is -2.10. The third-order valence-electron chi connectivity index (χ3n) is 3.53. The minimum atomic E-state index is 0.644. The van der Waals surface area contributed by atoms with Crippen molar-refractivity contribution in [3.05, 3.63) is 54.1 Å². The molecule has 3 rings (SSSR count). The first-order valence-electron chi connectivity index (χ1n) is 6.65. The lowest BCUT2D eigenvalue weighted by molar-refractivity contribution is 0.482. The van der Waals surface area contributed by atoms with Crippen LogP contribution in [-0.2, 0) is 0 Å². The Morgan fingerprint density at radius 3 is 2.16 bits per heavy atom. The van der Waals surface area contributed by atoms with E-state index in [-0.39, 0.29) is 0 Å². The Morgan fingerprint density at radius 1 is 0.947 bits per heavy atom. The van der Waals surface area contributed by atoms with E-state index in [1.54, 1.807) is 0 Å². The number of benzene rings is 2. The lowest BCUT2D eigenvalue weighted by atomic mass is 9.98. The quantitative estimate of drug-likeness (QED) is 0.827. The first kappa shape index (κ1) is 12.1. The summed E-state index contributed by atoms with van der Waals surface area (Å²) in [6, 6.07) is 15.8. The zero-order valence-corrected chi connectivity index (χ0v) is 10.8. The van der Waals surface area contributed by atoms with Crippen molar-refractivity contribution in [2.45, 2.75) is 12.3 Å². The van der Waals surface area contributed by atoms with Crippen LogP contribution in [-0.4, -0.2) is 13.1 Å². The molecule has 1 heterocycles. The van der Waals surface area contributed by atoms with Crippen molar-refractivity contribution in [3.8, 4) is 11.5 Å². The van der Waals surface area contributed by atoms with Gasteiger partial charge < -0.3 is 15.8 Å². The van der Waals surface area contributed by atoms with Crippen molar-refractivity contribution < 1.29 is 4.74 Å². The summed E-state index contributed by atoms with van der Waals surface area (Å²) < 4.78 is 5.78. The van der Waals surface area contributed by atoms with E-state index in [4.69, 9.17) is 10.5 Å². The van der Waals surface area contributed by atoms with E-state index in [2.05, 4.69) is 17.4 Å². The molecular formula is C16H18N2O. The summed E-state index contributed by atoms with van der Waals surface area (Å²) in [5, 5.41) is 3.39. The van der Waals surface area contributed by atoms with Gasteiger partial charge in [-0.1, -0.05) is 12.1 Å². The Labute approximate surface area is 113 Å². The summed E-state index contributed by atoms with van der Waals surface area (Å²) in [6.07, 6.45) is 1.22. The van der Waals surface area contributed by atoms with Crippen LogP contribution in [0.4, 0.5) is 5.69 Å². The summed E-state index contributed by atoms with van der Waals surface area (Å²) >= 11 is 0. The SMILES string of the molecule is Nc1ccc(Oc2ccc(C3CCNC3)cc2)cc1. The minimum Gasteiger partial charge on any atom is -0.457 e. The molecule has 0 saturated carbocycles. The van der Waals surface area contributed by atoms with E-state index in [0.717, 1.165) is 30.3 Å². The van der Waals surface area contributed by atoms with Crippen LogP contribution in [0.5, 0.6) is 11.5 Å². The zero-order chi connectivity index (χ0) is 13.1.